The van der Waals surface area contributed by atoms with Gasteiger partial charge in [0.1, 0.15) is 11.2 Å². The fourth-order valence-corrected chi connectivity index (χ4v) is 3.74. The molecule has 0 atom stereocenters. The van der Waals surface area contributed by atoms with Gasteiger partial charge in [-0.15, -0.1) is 0 Å². The molecule has 3 heterocycles. The summed E-state index contributed by atoms with van der Waals surface area (Å²) in [6, 6.07) is 9.87. The van der Waals surface area contributed by atoms with Crippen molar-refractivity contribution in [2.75, 3.05) is 27.3 Å². The maximum Gasteiger partial charge on any atom is 0.410 e. The highest BCUT2D eigenvalue weighted by atomic mass is 16.6. The average molecular weight is 436 g/mol. The van der Waals surface area contributed by atoms with E-state index in [1.165, 1.54) is 5.57 Å². The van der Waals surface area contributed by atoms with E-state index in [2.05, 4.69) is 18.3 Å². The van der Waals surface area contributed by atoms with Crippen LogP contribution in [0, 0.1) is 0 Å². The van der Waals surface area contributed by atoms with E-state index in [4.69, 9.17) is 19.2 Å². The highest BCUT2D eigenvalue weighted by Gasteiger charge is 2.24. The molecule has 0 saturated carbocycles. The highest BCUT2D eigenvalue weighted by Crippen LogP contribution is 2.32. The summed E-state index contributed by atoms with van der Waals surface area (Å²) in [5.41, 5.74) is 4.53. The van der Waals surface area contributed by atoms with E-state index < -0.39 is 5.60 Å². The molecule has 0 spiro atoms. The van der Waals surface area contributed by atoms with E-state index in [0.29, 0.717) is 24.6 Å². The summed E-state index contributed by atoms with van der Waals surface area (Å²) in [5, 5.41) is 0. The number of carbonyl (C=O) groups excluding carboxylic acids is 1. The lowest BCUT2D eigenvalue weighted by Crippen LogP contribution is -2.39. The van der Waals surface area contributed by atoms with E-state index in [-0.39, 0.29) is 6.09 Å². The van der Waals surface area contributed by atoms with E-state index in [1.807, 2.05) is 55.6 Å². The van der Waals surface area contributed by atoms with Crippen molar-refractivity contribution in [3.63, 3.8) is 0 Å². The molecule has 2 aromatic heterocycles. The van der Waals surface area contributed by atoms with Crippen LogP contribution in [0.2, 0.25) is 0 Å². The standard InChI is InChI=1S/C25H29N3O4/c1-25(2,3)32-24(29)27-12-10-17(11-13-27)19-7-9-23-26-20(16-28(23)15-19)18-6-8-21(30-4)22(14-18)31-5/h6-10,14-16H,11-13H2,1-5H3. The molecule has 0 unspecified atom stereocenters. The number of hydrogen-bond donors (Lipinski definition) is 0. The van der Waals surface area contributed by atoms with Crippen molar-refractivity contribution in [2.45, 2.75) is 32.8 Å². The van der Waals surface area contributed by atoms with Gasteiger partial charge in [-0.1, -0.05) is 6.08 Å². The molecule has 1 aromatic carbocycles. The second-order valence-corrected chi connectivity index (χ2v) is 8.78. The fourth-order valence-electron chi connectivity index (χ4n) is 3.74. The van der Waals surface area contributed by atoms with Crippen molar-refractivity contribution in [1.29, 1.82) is 0 Å². The van der Waals surface area contributed by atoms with Crippen molar-refractivity contribution < 1.29 is 19.0 Å². The molecule has 0 N–H and O–H groups in total. The molecule has 0 aliphatic carbocycles. The number of ether oxygens (including phenoxy) is 3. The Bertz CT molecular complexity index is 1170. The van der Waals surface area contributed by atoms with Gasteiger partial charge in [-0.05, 0) is 68.7 Å². The molecule has 0 radical (unpaired) electrons. The van der Waals surface area contributed by atoms with Gasteiger partial charge in [-0.3, -0.25) is 0 Å². The molecule has 1 aliphatic heterocycles. The zero-order valence-electron chi connectivity index (χ0n) is 19.2. The lowest BCUT2D eigenvalue weighted by atomic mass is 10.0. The number of imidazole rings is 1. The maximum absolute atomic E-state index is 12.3. The van der Waals surface area contributed by atoms with Crippen LogP contribution in [0.15, 0.2) is 48.8 Å². The van der Waals surface area contributed by atoms with Crippen molar-refractivity contribution in [3.8, 4) is 22.8 Å². The normalized spacial score (nSPS) is 14.3. The Morgan fingerprint density at radius 1 is 1.00 bits per heavy atom. The van der Waals surface area contributed by atoms with E-state index in [0.717, 1.165) is 28.9 Å². The minimum absolute atomic E-state index is 0.266. The summed E-state index contributed by atoms with van der Waals surface area (Å²) in [4.78, 5) is 18.8. The first-order valence-electron chi connectivity index (χ1n) is 10.7. The molecule has 0 bridgehead atoms. The number of rotatable bonds is 4. The molecule has 1 amide bonds. The molecule has 1 aliphatic rings. The molecule has 7 heteroatoms. The van der Waals surface area contributed by atoms with Crippen LogP contribution in [-0.2, 0) is 4.74 Å². The molecule has 32 heavy (non-hydrogen) atoms. The number of aromatic nitrogens is 2. The first-order valence-corrected chi connectivity index (χ1v) is 10.7. The summed E-state index contributed by atoms with van der Waals surface area (Å²) >= 11 is 0. The lowest BCUT2D eigenvalue weighted by molar-refractivity contribution is 0.0270. The first kappa shape index (κ1) is 21.7. The summed E-state index contributed by atoms with van der Waals surface area (Å²) in [6.07, 6.45) is 6.71. The van der Waals surface area contributed by atoms with Gasteiger partial charge in [0, 0.05) is 31.0 Å². The van der Waals surface area contributed by atoms with Crippen molar-refractivity contribution >= 4 is 17.3 Å². The molecule has 4 rings (SSSR count). The summed E-state index contributed by atoms with van der Waals surface area (Å²) in [7, 11) is 3.25. The molecule has 0 saturated heterocycles. The third-order valence-electron chi connectivity index (χ3n) is 5.36. The summed E-state index contributed by atoms with van der Waals surface area (Å²) in [5.74, 6) is 1.36. The van der Waals surface area contributed by atoms with Crippen LogP contribution in [0.4, 0.5) is 4.79 Å². The quantitative estimate of drug-likeness (QED) is 0.574. The number of hydrogen-bond acceptors (Lipinski definition) is 5. The largest absolute Gasteiger partial charge is 0.493 e. The summed E-state index contributed by atoms with van der Waals surface area (Å²) < 4.78 is 18.3. The molecule has 0 fully saturated rings. The van der Waals surface area contributed by atoms with Gasteiger partial charge in [0.25, 0.3) is 0 Å². The van der Waals surface area contributed by atoms with Crippen LogP contribution in [0.3, 0.4) is 0 Å². The van der Waals surface area contributed by atoms with Crippen LogP contribution in [0.25, 0.3) is 22.5 Å². The van der Waals surface area contributed by atoms with Gasteiger partial charge in [-0.2, -0.15) is 0 Å². The van der Waals surface area contributed by atoms with Crippen LogP contribution in [-0.4, -0.2) is 53.3 Å². The number of nitrogens with zero attached hydrogens (tertiary/aromatic N) is 3. The van der Waals surface area contributed by atoms with E-state index in [1.54, 1.807) is 19.1 Å². The van der Waals surface area contributed by atoms with Gasteiger partial charge < -0.3 is 23.5 Å². The van der Waals surface area contributed by atoms with Crippen molar-refractivity contribution in [1.82, 2.24) is 14.3 Å². The minimum Gasteiger partial charge on any atom is -0.493 e. The maximum atomic E-state index is 12.3. The van der Waals surface area contributed by atoms with E-state index in [9.17, 15) is 4.79 Å². The smallest absolute Gasteiger partial charge is 0.410 e. The number of fused-ring (bicyclic) bond motifs is 1. The SMILES string of the molecule is COc1ccc(-c2cn3cc(C4=CCN(C(=O)OC(C)(C)C)CC4)ccc3n2)cc1OC. The number of pyridine rings is 1. The Kier molecular flexibility index (Phi) is 5.82. The average Bonchev–Trinajstić information content (AvgIpc) is 3.21. The molecular weight excluding hydrogens is 406 g/mol. The second kappa shape index (κ2) is 8.57. The third-order valence-corrected chi connectivity index (χ3v) is 5.36. The number of methoxy groups -OCH3 is 2. The van der Waals surface area contributed by atoms with Gasteiger partial charge >= 0.3 is 6.09 Å². The van der Waals surface area contributed by atoms with Crippen molar-refractivity contribution in [2.24, 2.45) is 0 Å². The zero-order valence-corrected chi connectivity index (χ0v) is 19.2. The third kappa shape index (κ3) is 4.56. The Morgan fingerprint density at radius 2 is 1.75 bits per heavy atom. The van der Waals surface area contributed by atoms with Gasteiger partial charge in [-0.25, -0.2) is 9.78 Å². The Morgan fingerprint density at radius 3 is 2.41 bits per heavy atom. The Labute approximate surface area is 188 Å². The molecule has 168 valence electrons. The zero-order chi connectivity index (χ0) is 22.9. The van der Waals surface area contributed by atoms with Gasteiger partial charge in [0.15, 0.2) is 11.5 Å². The highest BCUT2D eigenvalue weighted by molar-refractivity contribution is 5.73. The monoisotopic (exact) mass is 435 g/mol. The molecule has 3 aromatic rings. The van der Waals surface area contributed by atoms with Crippen LogP contribution in [0.1, 0.15) is 32.8 Å². The van der Waals surface area contributed by atoms with Gasteiger partial charge in [0.05, 0.1) is 19.9 Å². The van der Waals surface area contributed by atoms with Crippen LogP contribution >= 0.6 is 0 Å². The number of benzene rings is 1. The number of carbonyl (C=O) groups is 1. The summed E-state index contributed by atoms with van der Waals surface area (Å²) in [6.45, 7) is 6.83. The van der Waals surface area contributed by atoms with Crippen molar-refractivity contribution in [3.05, 3.63) is 54.4 Å². The van der Waals surface area contributed by atoms with E-state index >= 15 is 0 Å². The Hall–Kier alpha value is -3.48. The predicted octanol–water partition coefficient (Wildman–Crippen LogP) is 5.04. The minimum atomic E-state index is -0.487. The molecule has 7 nitrogen and oxygen atoms in total. The Balaban J connectivity index is 1.55. The van der Waals surface area contributed by atoms with Gasteiger partial charge in [0.2, 0.25) is 0 Å². The lowest BCUT2D eigenvalue weighted by Gasteiger charge is -2.29. The fraction of sp³-hybridized carbons (Fsp3) is 0.360. The predicted molar refractivity (Wildman–Crippen MR) is 124 cm³/mol. The topological polar surface area (TPSA) is 65.3 Å². The van der Waals surface area contributed by atoms with Crippen LogP contribution in [0.5, 0.6) is 11.5 Å². The number of amides is 1. The van der Waals surface area contributed by atoms with Crippen LogP contribution < -0.4 is 9.47 Å². The first-order chi connectivity index (χ1) is 15.3. The second-order valence-electron chi connectivity index (χ2n) is 8.78. The molecular formula is C25H29N3O4.